The molecule has 0 spiro atoms. The van der Waals surface area contributed by atoms with Gasteiger partial charge in [0, 0.05) is 43.3 Å². The van der Waals surface area contributed by atoms with E-state index in [9.17, 15) is 0 Å². The Labute approximate surface area is 198 Å². The zero-order valence-corrected chi connectivity index (χ0v) is 20.3. The second-order valence-corrected chi connectivity index (χ2v) is 9.91. The molecule has 1 saturated heterocycles. The van der Waals surface area contributed by atoms with Crippen molar-refractivity contribution >= 4 is 27.4 Å². The average Bonchev–Trinajstić information content (AvgIpc) is 3.37. The van der Waals surface area contributed by atoms with Crippen molar-refractivity contribution in [1.29, 1.82) is 0 Å². The zero-order chi connectivity index (χ0) is 22.8. The number of benzene rings is 1. The molecule has 8 heteroatoms. The van der Waals surface area contributed by atoms with Crippen LogP contribution in [0.15, 0.2) is 42.7 Å². The molecule has 172 valence electrons. The lowest BCUT2D eigenvalue weighted by Gasteiger charge is -2.26. The lowest BCUT2D eigenvalue weighted by Crippen LogP contribution is -2.36. The molecule has 1 aliphatic rings. The number of hydrogen-bond acceptors (Lipinski definition) is 7. The summed E-state index contributed by atoms with van der Waals surface area (Å²) in [7, 11) is 2.11. The van der Waals surface area contributed by atoms with E-state index in [1.54, 1.807) is 11.3 Å². The molecule has 0 atom stereocenters. The minimum Gasteiger partial charge on any atom is -0.379 e. The summed E-state index contributed by atoms with van der Waals surface area (Å²) in [5.74, 6) is 1.88. The summed E-state index contributed by atoms with van der Waals surface area (Å²) >= 11 is 1.76. The maximum Gasteiger partial charge on any atom is 0.146 e. The Morgan fingerprint density at radius 3 is 2.61 bits per heavy atom. The topological polar surface area (TPSA) is 59.3 Å². The molecule has 7 nitrogen and oxygen atoms in total. The highest BCUT2D eigenvalue weighted by molar-refractivity contribution is 7.18. The van der Waals surface area contributed by atoms with E-state index in [-0.39, 0.29) is 0 Å². The van der Waals surface area contributed by atoms with Crippen LogP contribution in [0.2, 0.25) is 0 Å². The first-order chi connectivity index (χ1) is 16.1. The normalized spacial score (nSPS) is 14.8. The Morgan fingerprint density at radius 2 is 1.82 bits per heavy atom. The SMILES string of the molecule is Cc1sc2nc(CN3CCOCC3)nc(N(C)Cc3cnn(Cc4ccccc4)c3)c2c1C. The van der Waals surface area contributed by atoms with E-state index in [1.165, 1.54) is 27.0 Å². The van der Waals surface area contributed by atoms with Crippen LogP contribution in [0, 0.1) is 13.8 Å². The molecule has 4 aromatic rings. The first-order valence-corrected chi connectivity index (χ1v) is 12.2. The monoisotopic (exact) mass is 462 g/mol. The van der Waals surface area contributed by atoms with Crippen LogP contribution < -0.4 is 4.90 Å². The van der Waals surface area contributed by atoms with Crippen molar-refractivity contribution in [2.24, 2.45) is 0 Å². The predicted octanol–water partition coefficient (Wildman–Crippen LogP) is 4.02. The number of aromatic nitrogens is 4. The van der Waals surface area contributed by atoms with Gasteiger partial charge in [-0.15, -0.1) is 11.3 Å². The first-order valence-electron chi connectivity index (χ1n) is 11.4. The van der Waals surface area contributed by atoms with E-state index in [2.05, 4.69) is 66.3 Å². The van der Waals surface area contributed by atoms with Crippen LogP contribution >= 0.6 is 11.3 Å². The van der Waals surface area contributed by atoms with E-state index in [0.29, 0.717) is 0 Å². The van der Waals surface area contributed by atoms with Gasteiger partial charge in [-0.2, -0.15) is 5.10 Å². The fourth-order valence-corrected chi connectivity index (χ4v) is 5.31. The van der Waals surface area contributed by atoms with Gasteiger partial charge in [-0.1, -0.05) is 30.3 Å². The Kier molecular flexibility index (Phi) is 6.39. The van der Waals surface area contributed by atoms with Crippen molar-refractivity contribution in [3.8, 4) is 0 Å². The number of aryl methyl sites for hydroxylation is 2. The molecule has 0 aliphatic carbocycles. The van der Waals surface area contributed by atoms with Gasteiger partial charge in [-0.25, -0.2) is 9.97 Å². The molecule has 0 saturated carbocycles. The van der Waals surface area contributed by atoms with Gasteiger partial charge in [0.1, 0.15) is 16.5 Å². The number of nitrogens with zero attached hydrogens (tertiary/aromatic N) is 6. The maximum absolute atomic E-state index is 5.50. The molecule has 1 aliphatic heterocycles. The lowest BCUT2D eigenvalue weighted by molar-refractivity contribution is 0.0331. The van der Waals surface area contributed by atoms with E-state index in [4.69, 9.17) is 14.7 Å². The number of fused-ring (bicyclic) bond motifs is 1. The van der Waals surface area contributed by atoms with Crippen LogP contribution in [-0.2, 0) is 24.4 Å². The van der Waals surface area contributed by atoms with Crippen molar-refractivity contribution in [3.05, 3.63) is 70.1 Å². The molecule has 0 N–H and O–H groups in total. The molecule has 0 amide bonds. The number of anilines is 1. The van der Waals surface area contributed by atoms with Crippen molar-refractivity contribution in [1.82, 2.24) is 24.6 Å². The van der Waals surface area contributed by atoms with Crippen molar-refractivity contribution in [2.75, 3.05) is 38.3 Å². The molecule has 0 bridgehead atoms. The molecule has 0 radical (unpaired) electrons. The van der Waals surface area contributed by atoms with Gasteiger partial charge in [0.05, 0.1) is 37.9 Å². The van der Waals surface area contributed by atoms with Crippen LogP contribution in [0.5, 0.6) is 0 Å². The summed E-state index contributed by atoms with van der Waals surface area (Å²) in [6.45, 7) is 10.0. The number of hydrogen-bond donors (Lipinski definition) is 0. The van der Waals surface area contributed by atoms with E-state index in [0.717, 1.165) is 62.4 Å². The quantitative estimate of drug-likeness (QED) is 0.413. The highest BCUT2D eigenvalue weighted by Crippen LogP contribution is 2.35. The van der Waals surface area contributed by atoms with Crippen LogP contribution in [0.4, 0.5) is 5.82 Å². The number of morpholine rings is 1. The Bertz CT molecular complexity index is 1230. The van der Waals surface area contributed by atoms with Gasteiger partial charge in [-0.3, -0.25) is 9.58 Å². The lowest BCUT2D eigenvalue weighted by atomic mass is 10.2. The molecule has 3 aromatic heterocycles. The number of rotatable bonds is 7. The summed E-state index contributed by atoms with van der Waals surface area (Å²) in [6.07, 6.45) is 4.08. The average molecular weight is 463 g/mol. The molecule has 0 unspecified atom stereocenters. The third-order valence-corrected chi connectivity index (χ3v) is 7.28. The third kappa shape index (κ3) is 4.93. The number of ether oxygens (including phenoxy) is 1. The fraction of sp³-hybridized carbons (Fsp3) is 0.400. The Morgan fingerprint density at radius 1 is 1.03 bits per heavy atom. The summed E-state index contributed by atoms with van der Waals surface area (Å²) in [4.78, 5) is 17.0. The van der Waals surface area contributed by atoms with E-state index in [1.807, 2.05) is 16.9 Å². The molecular formula is C25H30N6OS. The molecule has 5 rings (SSSR count). The predicted molar refractivity (Wildman–Crippen MR) is 133 cm³/mol. The van der Waals surface area contributed by atoms with Gasteiger partial charge in [0.25, 0.3) is 0 Å². The Balaban J connectivity index is 1.39. The third-order valence-electron chi connectivity index (χ3n) is 6.18. The van der Waals surface area contributed by atoms with Crippen molar-refractivity contribution < 1.29 is 4.74 Å². The van der Waals surface area contributed by atoms with Gasteiger partial charge < -0.3 is 9.64 Å². The molecule has 1 aromatic carbocycles. The Hall–Kier alpha value is -2.81. The van der Waals surface area contributed by atoms with E-state index >= 15 is 0 Å². The van der Waals surface area contributed by atoms with Crippen molar-refractivity contribution in [3.63, 3.8) is 0 Å². The standard InChI is InChI=1S/C25H30N6OS/c1-18-19(2)33-25-23(18)24(27-22(28-25)17-30-9-11-32-12-10-30)29(3)14-21-13-26-31(16-21)15-20-7-5-4-6-8-20/h4-8,13,16H,9-12,14-15,17H2,1-3H3. The summed E-state index contributed by atoms with van der Waals surface area (Å²) in [6, 6.07) is 10.4. The minimum atomic E-state index is 0.742. The number of thiophene rings is 1. The zero-order valence-electron chi connectivity index (χ0n) is 19.5. The molecule has 4 heterocycles. The molecule has 33 heavy (non-hydrogen) atoms. The minimum absolute atomic E-state index is 0.742. The second-order valence-electron chi connectivity index (χ2n) is 8.70. The first kappa shape index (κ1) is 22.0. The van der Waals surface area contributed by atoms with Gasteiger partial charge >= 0.3 is 0 Å². The largest absolute Gasteiger partial charge is 0.379 e. The summed E-state index contributed by atoms with van der Waals surface area (Å²) < 4.78 is 7.50. The maximum atomic E-state index is 5.50. The van der Waals surface area contributed by atoms with Crippen molar-refractivity contribution in [2.45, 2.75) is 33.5 Å². The smallest absolute Gasteiger partial charge is 0.146 e. The van der Waals surface area contributed by atoms with Crippen LogP contribution in [0.25, 0.3) is 10.2 Å². The second kappa shape index (κ2) is 9.59. The van der Waals surface area contributed by atoms with Gasteiger partial charge in [0.15, 0.2) is 0 Å². The summed E-state index contributed by atoms with van der Waals surface area (Å²) in [5, 5.41) is 5.75. The van der Waals surface area contributed by atoms with Crippen LogP contribution in [0.1, 0.15) is 27.4 Å². The molecule has 1 fully saturated rings. The molecular weight excluding hydrogens is 432 g/mol. The van der Waals surface area contributed by atoms with Crippen LogP contribution in [-0.4, -0.2) is 58.0 Å². The van der Waals surface area contributed by atoms with Crippen LogP contribution in [0.3, 0.4) is 0 Å². The summed E-state index contributed by atoms with van der Waals surface area (Å²) in [5.41, 5.74) is 3.68. The highest BCUT2D eigenvalue weighted by atomic mass is 32.1. The fourth-order valence-electron chi connectivity index (χ4n) is 4.27. The van der Waals surface area contributed by atoms with Gasteiger partial charge in [0.2, 0.25) is 0 Å². The highest BCUT2D eigenvalue weighted by Gasteiger charge is 2.20. The van der Waals surface area contributed by atoms with E-state index < -0.39 is 0 Å². The van der Waals surface area contributed by atoms with Gasteiger partial charge in [-0.05, 0) is 25.0 Å².